The van der Waals surface area contributed by atoms with E-state index in [1.165, 1.54) is 26.3 Å². The van der Waals surface area contributed by atoms with E-state index in [4.69, 9.17) is 5.26 Å². The van der Waals surface area contributed by atoms with Crippen LogP contribution in [0, 0.1) is 17.1 Å². The first-order valence-corrected chi connectivity index (χ1v) is 6.81. The van der Waals surface area contributed by atoms with Gasteiger partial charge >= 0.3 is 5.97 Å². The van der Waals surface area contributed by atoms with Crippen molar-refractivity contribution in [3.63, 3.8) is 0 Å². The van der Waals surface area contributed by atoms with Crippen LogP contribution < -0.4 is 10.9 Å². The summed E-state index contributed by atoms with van der Waals surface area (Å²) in [5.41, 5.74) is -0.841. The van der Waals surface area contributed by atoms with Crippen LogP contribution in [-0.4, -0.2) is 17.6 Å². The molecule has 8 heteroatoms. The van der Waals surface area contributed by atoms with Crippen LogP contribution in [0.25, 0.3) is 0 Å². The number of esters is 1. The minimum absolute atomic E-state index is 0.0201. The number of nitrogens with one attached hydrogen (secondary N) is 1. The topological polar surface area (TPSA) is 84.1 Å². The highest BCUT2D eigenvalue weighted by Crippen LogP contribution is 2.24. The standard InChI is InChI=1S/C15H12FN3O3S/c1-19-13(18-12-4-3-9(23)6-11(12)16)10(15(21)22-2)5-8(7-17)14(19)20/h3-6,18,23H,1-2H3. The first kappa shape index (κ1) is 16.6. The Morgan fingerprint density at radius 1 is 1.43 bits per heavy atom. The number of ether oxygens (including phenoxy) is 1. The SMILES string of the molecule is COC(=O)c1cc(C#N)c(=O)n(C)c1Nc1ccc(S)cc1F. The molecule has 23 heavy (non-hydrogen) atoms. The Morgan fingerprint density at radius 2 is 2.13 bits per heavy atom. The molecule has 0 unspecified atom stereocenters. The summed E-state index contributed by atoms with van der Waals surface area (Å²) in [4.78, 5) is 24.4. The number of benzene rings is 1. The lowest BCUT2D eigenvalue weighted by Crippen LogP contribution is -2.25. The molecule has 0 aliphatic carbocycles. The molecule has 0 amide bonds. The lowest BCUT2D eigenvalue weighted by atomic mass is 10.1. The van der Waals surface area contributed by atoms with Crippen LogP contribution in [0.2, 0.25) is 0 Å². The zero-order valence-electron chi connectivity index (χ0n) is 12.3. The number of carbonyl (C=O) groups is 1. The number of hydrogen-bond donors (Lipinski definition) is 2. The number of anilines is 2. The van der Waals surface area contributed by atoms with Gasteiger partial charge in [0.15, 0.2) is 0 Å². The zero-order chi connectivity index (χ0) is 17.1. The maximum Gasteiger partial charge on any atom is 0.341 e. The second kappa shape index (κ2) is 6.54. The molecule has 1 aromatic carbocycles. The minimum Gasteiger partial charge on any atom is -0.465 e. The highest BCUT2D eigenvalue weighted by Gasteiger charge is 2.20. The van der Waals surface area contributed by atoms with Gasteiger partial charge < -0.3 is 10.1 Å². The molecule has 0 atom stereocenters. The van der Waals surface area contributed by atoms with Crippen molar-refractivity contribution in [3.05, 3.63) is 51.6 Å². The van der Waals surface area contributed by atoms with Gasteiger partial charge in [-0.15, -0.1) is 12.6 Å². The molecular formula is C15H12FN3O3S. The molecule has 6 nitrogen and oxygen atoms in total. The largest absolute Gasteiger partial charge is 0.465 e. The van der Waals surface area contributed by atoms with Gasteiger partial charge in [-0.3, -0.25) is 9.36 Å². The fourth-order valence-electron chi connectivity index (χ4n) is 1.97. The van der Waals surface area contributed by atoms with Gasteiger partial charge in [0, 0.05) is 11.9 Å². The molecule has 2 rings (SSSR count). The lowest BCUT2D eigenvalue weighted by molar-refractivity contribution is 0.0601. The van der Waals surface area contributed by atoms with Gasteiger partial charge in [-0.25, -0.2) is 9.18 Å². The Morgan fingerprint density at radius 3 is 2.70 bits per heavy atom. The van der Waals surface area contributed by atoms with Gasteiger partial charge in [0.05, 0.1) is 12.8 Å². The van der Waals surface area contributed by atoms with Crippen molar-refractivity contribution in [2.24, 2.45) is 7.05 Å². The van der Waals surface area contributed by atoms with E-state index in [0.717, 1.165) is 10.6 Å². The Labute approximate surface area is 136 Å². The smallest absolute Gasteiger partial charge is 0.341 e. The number of carbonyl (C=O) groups excluding carboxylic acids is 1. The van der Waals surface area contributed by atoms with Crippen LogP contribution >= 0.6 is 12.6 Å². The highest BCUT2D eigenvalue weighted by atomic mass is 32.1. The maximum absolute atomic E-state index is 14.0. The molecule has 0 saturated carbocycles. The molecule has 0 aliphatic rings. The van der Waals surface area contributed by atoms with Crippen molar-refractivity contribution in [1.82, 2.24) is 4.57 Å². The number of aromatic nitrogens is 1. The van der Waals surface area contributed by atoms with E-state index in [9.17, 15) is 14.0 Å². The molecule has 1 heterocycles. The lowest BCUT2D eigenvalue weighted by Gasteiger charge is -2.15. The Balaban J connectivity index is 2.65. The van der Waals surface area contributed by atoms with E-state index in [1.807, 2.05) is 0 Å². The molecule has 1 N–H and O–H groups in total. The molecule has 0 fully saturated rings. The van der Waals surface area contributed by atoms with E-state index < -0.39 is 17.3 Å². The first-order valence-electron chi connectivity index (χ1n) is 6.37. The van der Waals surface area contributed by atoms with Gasteiger partial charge in [-0.1, -0.05) is 0 Å². The molecule has 0 saturated heterocycles. The molecule has 0 bridgehead atoms. The third kappa shape index (κ3) is 3.19. The molecule has 0 spiro atoms. The summed E-state index contributed by atoms with van der Waals surface area (Å²) < 4.78 is 19.7. The van der Waals surface area contributed by atoms with E-state index in [0.29, 0.717) is 4.90 Å². The van der Waals surface area contributed by atoms with Crippen LogP contribution in [0.15, 0.2) is 34.0 Å². The number of nitriles is 1. The first-order chi connectivity index (χ1) is 10.9. The van der Waals surface area contributed by atoms with Crippen LogP contribution in [0.3, 0.4) is 0 Å². The summed E-state index contributed by atoms with van der Waals surface area (Å²) in [6, 6.07) is 6.98. The zero-order valence-corrected chi connectivity index (χ0v) is 13.1. The van der Waals surface area contributed by atoms with Crippen LogP contribution in [0.5, 0.6) is 0 Å². The summed E-state index contributed by atoms with van der Waals surface area (Å²) in [6.45, 7) is 0. The van der Waals surface area contributed by atoms with E-state index in [-0.39, 0.29) is 22.6 Å². The second-order valence-corrected chi connectivity index (χ2v) is 5.09. The second-order valence-electron chi connectivity index (χ2n) is 4.58. The summed E-state index contributed by atoms with van der Waals surface area (Å²) in [5, 5.41) is 11.7. The quantitative estimate of drug-likeness (QED) is 0.665. The Hall–Kier alpha value is -2.79. The number of thiol groups is 1. The molecule has 2 aromatic rings. The summed E-state index contributed by atoms with van der Waals surface area (Å²) >= 11 is 4.03. The Kier molecular flexibility index (Phi) is 4.71. The Bertz CT molecular complexity index is 887. The van der Waals surface area contributed by atoms with Crippen molar-refractivity contribution in [1.29, 1.82) is 5.26 Å². The number of nitrogens with zero attached hydrogens (tertiary/aromatic N) is 2. The minimum atomic E-state index is -0.758. The highest BCUT2D eigenvalue weighted by molar-refractivity contribution is 7.80. The number of hydrogen-bond acceptors (Lipinski definition) is 6. The predicted molar refractivity (Wildman–Crippen MR) is 84.7 cm³/mol. The normalized spacial score (nSPS) is 10.0. The van der Waals surface area contributed by atoms with E-state index in [1.54, 1.807) is 12.1 Å². The molecular weight excluding hydrogens is 321 g/mol. The fourth-order valence-corrected chi connectivity index (χ4v) is 2.16. The monoisotopic (exact) mass is 333 g/mol. The number of methoxy groups -OCH3 is 1. The third-order valence-electron chi connectivity index (χ3n) is 3.15. The van der Waals surface area contributed by atoms with E-state index >= 15 is 0 Å². The molecule has 118 valence electrons. The van der Waals surface area contributed by atoms with Crippen molar-refractivity contribution >= 4 is 30.1 Å². The molecule has 1 aromatic heterocycles. The maximum atomic E-state index is 14.0. The molecule has 0 aliphatic heterocycles. The fraction of sp³-hybridized carbons (Fsp3) is 0.133. The summed E-state index contributed by atoms with van der Waals surface area (Å²) in [6.07, 6.45) is 0. The van der Waals surface area contributed by atoms with Crippen LogP contribution in [0.1, 0.15) is 15.9 Å². The number of rotatable bonds is 3. The van der Waals surface area contributed by atoms with Crippen molar-refractivity contribution in [2.45, 2.75) is 4.90 Å². The summed E-state index contributed by atoms with van der Waals surface area (Å²) in [5.74, 6) is -1.34. The average Bonchev–Trinajstić information content (AvgIpc) is 2.53. The van der Waals surface area contributed by atoms with Gasteiger partial charge in [-0.2, -0.15) is 5.26 Å². The van der Waals surface area contributed by atoms with Gasteiger partial charge in [0.1, 0.15) is 28.8 Å². The predicted octanol–water partition coefficient (Wildman–Crippen LogP) is 2.21. The average molecular weight is 333 g/mol. The van der Waals surface area contributed by atoms with Crippen molar-refractivity contribution in [2.75, 3.05) is 12.4 Å². The van der Waals surface area contributed by atoms with E-state index in [2.05, 4.69) is 22.7 Å². The number of halogens is 1. The number of pyridine rings is 1. The van der Waals surface area contributed by atoms with Crippen molar-refractivity contribution < 1.29 is 13.9 Å². The van der Waals surface area contributed by atoms with Crippen molar-refractivity contribution in [3.8, 4) is 6.07 Å². The van der Waals surface area contributed by atoms with Gasteiger partial charge in [-0.05, 0) is 24.3 Å². The van der Waals surface area contributed by atoms with Gasteiger partial charge in [0.2, 0.25) is 0 Å². The van der Waals surface area contributed by atoms with Gasteiger partial charge in [0.25, 0.3) is 5.56 Å². The molecule has 0 radical (unpaired) electrons. The van der Waals surface area contributed by atoms with Crippen LogP contribution in [0.4, 0.5) is 15.9 Å². The summed E-state index contributed by atoms with van der Waals surface area (Å²) in [7, 11) is 2.53. The third-order valence-corrected chi connectivity index (χ3v) is 3.42. The van der Waals surface area contributed by atoms with Crippen LogP contribution in [-0.2, 0) is 11.8 Å².